The number of rotatable bonds is 9. The number of hydrogen-bond donors (Lipinski definition) is 0. The van der Waals surface area contributed by atoms with Crippen LogP contribution in [0, 0.1) is 0 Å². The van der Waals surface area contributed by atoms with Crippen molar-refractivity contribution in [2.24, 2.45) is 5.16 Å². The maximum Gasteiger partial charge on any atom is 0.196 e. The molecule has 7 heteroatoms. The smallest absolute Gasteiger partial charge is 0.196 e. The zero-order valence-corrected chi connectivity index (χ0v) is 22.8. The Morgan fingerprint density at radius 2 is 1.49 bits per heavy atom. The van der Waals surface area contributed by atoms with Crippen LogP contribution in [-0.4, -0.2) is 43.2 Å². The number of ketones is 2. The fourth-order valence-corrected chi connectivity index (χ4v) is 5.19. The highest BCUT2D eigenvalue weighted by atomic mass is 16.7. The molecule has 2 unspecified atom stereocenters. The minimum absolute atomic E-state index is 0.172. The van der Waals surface area contributed by atoms with E-state index in [9.17, 15) is 9.59 Å². The van der Waals surface area contributed by atoms with Crippen molar-refractivity contribution < 1.29 is 28.6 Å². The van der Waals surface area contributed by atoms with Crippen molar-refractivity contribution in [1.29, 1.82) is 0 Å². The predicted molar refractivity (Wildman–Crippen MR) is 155 cm³/mol. The van der Waals surface area contributed by atoms with Gasteiger partial charge in [0.25, 0.3) is 0 Å². The summed E-state index contributed by atoms with van der Waals surface area (Å²) in [6, 6.07) is 27.3. The summed E-state index contributed by atoms with van der Waals surface area (Å²) in [7, 11) is 1.63. The molecule has 0 aliphatic carbocycles. The summed E-state index contributed by atoms with van der Waals surface area (Å²) < 4.78 is 17.8. The zero-order chi connectivity index (χ0) is 28.3. The normalized spacial score (nSPS) is 17.2. The van der Waals surface area contributed by atoms with Gasteiger partial charge >= 0.3 is 0 Å². The van der Waals surface area contributed by atoms with E-state index >= 15 is 0 Å². The molecule has 7 nitrogen and oxygen atoms in total. The molecule has 0 amide bonds. The average Bonchev–Trinajstić information content (AvgIpc) is 3.66. The molecule has 0 saturated carbocycles. The van der Waals surface area contributed by atoms with Gasteiger partial charge in [-0.2, -0.15) is 0 Å². The molecule has 4 aromatic rings. The molecule has 0 aromatic heterocycles. The van der Waals surface area contributed by atoms with Crippen LogP contribution in [0.2, 0.25) is 0 Å². The van der Waals surface area contributed by atoms with Crippen LogP contribution in [0.3, 0.4) is 0 Å². The van der Waals surface area contributed by atoms with E-state index in [1.807, 2.05) is 67.6 Å². The maximum absolute atomic E-state index is 13.8. The molecule has 41 heavy (non-hydrogen) atoms. The van der Waals surface area contributed by atoms with Crippen LogP contribution in [0.15, 0.2) is 96.2 Å². The number of hydrogen-bond acceptors (Lipinski definition) is 7. The van der Waals surface area contributed by atoms with E-state index in [1.54, 1.807) is 37.4 Å². The van der Waals surface area contributed by atoms with Crippen molar-refractivity contribution in [3.05, 3.63) is 124 Å². The first-order valence-corrected chi connectivity index (χ1v) is 13.6. The van der Waals surface area contributed by atoms with Gasteiger partial charge in [-0.15, -0.1) is 0 Å². The quantitative estimate of drug-likeness (QED) is 0.237. The van der Waals surface area contributed by atoms with Crippen LogP contribution in [0.5, 0.6) is 17.2 Å². The first-order valence-electron chi connectivity index (χ1n) is 13.6. The molecule has 2 atom stereocenters. The Hall–Kier alpha value is -4.91. The largest absolute Gasteiger partial charge is 0.497 e. The topological polar surface area (TPSA) is 83.4 Å². The van der Waals surface area contributed by atoms with Crippen molar-refractivity contribution in [2.75, 3.05) is 13.7 Å². The molecule has 0 radical (unpaired) electrons. The molecule has 0 spiro atoms. The molecule has 0 saturated heterocycles. The lowest BCUT2D eigenvalue weighted by molar-refractivity contribution is 0.0465. The molecule has 6 rings (SSSR count). The van der Waals surface area contributed by atoms with Crippen molar-refractivity contribution >= 4 is 17.3 Å². The Morgan fingerprint density at radius 3 is 2.12 bits per heavy atom. The third-order valence-electron chi connectivity index (χ3n) is 7.27. The highest BCUT2D eigenvalue weighted by Crippen LogP contribution is 2.43. The molecular weight excluding hydrogens is 518 g/mol. The average molecular weight is 548 g/mol. The zero-order valence-electron chi connectivity index (χ0n) is 22.8. The lowest BCUT2D eigenvalue weighted by Gasteiger charge is -2.18. The second-order valence-electron chi connectivity index (χ2n) is 10.1. The van der Waals surface area contributed by atoms with Gasteiger partial charge in [-0.1, -0.05) is 65.8 Å². The molecule has 0 N–H and O–H groups in total. The van der Waals surface area contributed by atoms with Gasteiger partial charge < -0.3 is 19.0 Å². The van der Waals surface area contributed by atoms with Crippen molar-refractivity contribution in [1.82, 2.24) is 0 Å². The van der Waals surface area contributed by atoms with Gasteiger partial charge in [0.1, 0.15) is 30.0 Å². The third kappa shape index (κ3) is 5.31. The molecule has 2 aliphatic rings. The molecule has 4 aromatic carbocycles. The van der Waals surface area contributed by atoms with Gasteiger partial charge in [0.05, 0.1) is 23.9 Å². The third-order valence-corrected chi connectivity index (χ3v) is 7.27. The maximum atomic E-state index is 13.8. The predicted octanol–water partition coefficient (Wildman–Crippen LogP) is 6.05. The van der Waals surface area contributed by atoms with Crippen molar-refractivity contribution in [3.8, 4) is 17.2 Å². The standard InChI is InChI=1S/C34H29NO6/c1-21-17-29-33(39-20-26-18-30(35-41-26)22-13-15-25(38-2)16-14-22)27(31(36)23-9-5-3-6-10-23)19-28(34(29)40-21)32(37)24-11-7-4-8-12-24/h3-16,19,21,26H,17-18,20H2,1-2H3. The van der Waals surface area contributed by atoms with E-state index < -0.39 is 0 Å². The highest BCUT2D eigenvalue weighted by molar-refractivity contribution is 6.16. The number of carbonyl (C=O) groups excluding carboxylic acids is 2. The second-order valence-corrected chi connectivity index (χ2v) is 10.1. The number of fused-ring (bicyclic) bond motifs is 1. The Balaban J connectivity index is 1.33. The van der Waals surface area contributed by atoms with E-state index in [2.05, 4.69) is 5.16 Å². The van der Waals surface area contributed by atoms with Gasteiger partial charge in [-0.05, 0) is 42.8 Å². The molecule has 2 heterocycles. The molecule has 0 bridgehead atoms. The van der Waals surface area contributed by atoms with Crippen LogP contribution >= 0.6 is 0 Å². The molecular formula is C34H29NO6. The van der Waals surface area contributed by atoms with E-state index in [0.717, 1.165) is 17.0 Å². The minimum Gasteiger partial charge on any atom is -0.497 e. The molecule has 206 valence electrons. The lowest BCUT2D eigenvalue weighted by Crippen LogP contribution is -2.20. The lowest BCUT2D eigenvalue weighted by atomic mass is 9.92. The van der Waals surface area contributed by atoms with Crippen LogP contribution in [0.1, 0.15) is 56.3 Å². The Morgan fingerprint density at radius 1 is 0.854 bits per heavy atom. The first-order chi connectivity index (χ1) is 20.0. The fourth-order valence-electron chi connectivity index (χ4n) is 5.19. The Labute approximate surface area is 238 Å². The Bertz CT molecular complexity index is 1610. The summed E-state index contributed by atoms with van der Waals surface area (Å²) in [5.74, 6) is 1.22. The van der Waals surface area contributed by atoms with Crippen LogP contribution in [-0.2, 0) is 11.3 Å². The fraction of sp³-hybridized carbons (Fsp3) is 0.206. The summed E-state index contributed by atoms with van der Waals surface area (Å²) in [4.78, 5) is 33.2. The molecule has 2 aliphatic heterocycles. The van der Waals surface area contributed by atoms with Gasteiger partial charge in [0.2, 0.25) is 0 Å². The van der Waals surface area contributed by atoms with Crippen LogP contribution in [0.25, 0.3) is 0 Å². The summed E-state index contributed by atoms with van der Waals surface area (Å²) in [5.41, 5.74) is 4.17. The number of ether oxygens (including phenoxy) is 3. The molecule has 0 fully saturated rings. The van der Waals surface area contributed by atoms with E-state index in [1.165, 1.54) is 0 Å². The van der Waals surface area contributed by atoms with Gasteiger partial charge in [-0.3, -0.25) is 9.59 Å². The van der Waals surface area contributed by atoms with Gasteiger partial charge in [0.15, 0.2) is 17.7 Å². The number of methoxy groups -OCH3 is 1. The van der Waals surface area contributed by atoms with Crippen molar-refractivity contribution in [2.45, 2.75) is 32.0 Å². The summed E-state index contributed by atoms with van der Waals surface area (Å²) >= 11 is 0. The van der Waals surface area contributed by atoms with Crippen molar-refractivity contribution in [3.63, 3.8) is 0 Å². The monoisotopic (exact) mass is 547 g/mol. The summed E-state index contributed by atoms with van der Waals surface area (Å²) in [6.07, 6.45) is 0.542. The van der Waals surface area contributed by atoms with E-state index in [4.69, 9.17) is 19.0 Å². The number of oxime groups is 1. The highest BCUT2D eigenvalue weighted by Gasteiger charge is 2.34. The van der Waals surface area contributed by atoms with Gasteiger partial charge in [-0.25, -0.2) is 0 Å². The van der Waals surface area contributed by atoms with E-state index in [-0.39, 0.29) is 30.4 Å². The van der Waals surface area contributed by atoms with E-state index in [0.29, 0.717) is 52.2 Å². The minimum atomic E-state index is -0.340. The van der Waals surface area contributed by atoms with Gasteiger partial charge in [0, 0.05) is 29.5 Å². The number of nitrogens with zero attached hydrogens (tertiary/aromatic N) is 1. The number of carbonyl (C=O) groups is 2. The SMILES string of the molecule is COc1ccc(C2=NOC(COc3c(C(=O)c4ccccc4)cc(C(=O)c4ccccc4)c4c3CC(C)O4)C2)cc1. The number of benzene rings is 4. The van der Waals surface area contributed by atoms with Crippen LogP contribution in [0.4, 0.5) is 0 Å². The van der Waals surface area contributed by atoms with Crippen LogP contribution < -0.4 is 14.2 Å². The summed E-state index contributed by atoms with van der Waals surface area (Å²) in [6.45, 7) is 2.11. The first kappa shape index (κ1) is 26.3. The summed E-state index contributed by atoms with van der Waals surface area (Å²) in [5, 5.41) is 4.28. The Kier molecular flexibility index (Phi) is 7.25. The second kappa shape index (κ2) is 11.3.